The highest BCUT2D eigenvalue weighted by Gasteiger charge is 2.36. The number of rotatable bonds is 8. The van der Waals surface area contributed by atoms with E-state index in [0.717, 1.165) is 17.8 Å². The molecule has 0 heterocycles. The Labute approximate surface area is 268 Å². The molecule has 1 saturated carbocycles. The molecule has 45 heavy (non-hydrogen) atoms. The van der Waals surface area contributed by atoms with E-state index in [1.54, 1.807) is 0 Å². The van der Waals surface area contributed by atoms with Gasteiger partial charge in [0.25, 0.3) is 0 Å². The number of benzene rings is 5. The highest BCUT2D eigenvalue weighted by Crippen LogP contribution is 2.46. The van der Waals surface area contributed by atoms with Crippen molar-refractivity contribution in [3.8, 4) is 0 Å². The highest BCUT2D eigenvalue weighted by atomic mass is 15.1. The van der Waals surface area contributed by atoms with Gasteiger partial charge in [-0.3, -0.25) is 0 Å². The molecule has 0 saturated heterocycles. The number of allylic oxidation sites excluding steroid dienone is 5. The number of hydrogen-bond acceptors (Lipinski definition) is 2. The van der Waals surface area contributed by atoms with Crippen LogP contribution in [0.5, 0.6) is 0 Å². The van der Waals surface area contributed by atoms with Crippen molar-refractivity contribution in [2.24, 2.45) is 0 Å². The summed E-state index contributed by atoms with van der Waals surface area (Å²) in [7, 11) is 0. The van der Waals surface area contributed by atoms with Crippen molar-refractivity contribution in [3.63, 3.8) is 0 Å². The average Bonchev–Trinajstić information content (AvgIpc) is 3.40. The average molecular weight is 585 g/mol. The fourth-order valence-electron chi connectivity index (χ4n) is 7.12. The molecule has 7 rings (SSSR count). The monoisotopic (exact) mass is 584 g/mol. The summed E-state index contributed by atoms with van der Waals surface area (Å²) in [6.07, 6.45) is 18.1. The lowest BCUT2D eigenvalue weighted by Gasteiger charge is -2.39. The molecule has 0 radical (unpaired) electrons. The van der Waals surface area contributed by atoms with Crippen LogP contribution in [-0.4, -0.2) is 0 Å². The normalized spacial score (nSPS) is 15.6. The third-order valence-electron chi connectivity index (χ3n) is 9.34. The Morgan fingerprint density at radius 3 is 1.38 bits per heavy atom. The van der Waals surface area contributed by atoms with Gasteiger partial charge in [0.1, 0.15) is 0 Å². The second-order valence-electron chi connectivity index (χ2n) is 12.1. The van der Waals surface area contributed by atoms with Crippen LogP contribution in [0.4, 0.5) is 28.4 Å². The van der Waals surface area contributed by atoms with E-state index in [9.17, 15) is 0 Å². The Bertz CT molecular complexity index is 1720. The Morgan fingerprint density at radius 1 is 0.422 bits per heavy atom. The lowest BCUT2D eigenvalue weighted by Crippen LogP contribution is -2.30. The zero-order valence-corrected chi connectivity index (χ0v) is 25.8. The SMILES string of the molecule is C1=CCC=C(N(c2ccccc2)c2ccc(C3(c4ccc(N(c5ccccc5)c5ccccc5)cc4)CCCCC3)cc2)C=C1. The minimum absolute atomic E-state index is 0.0165. The maximum absolute atomic E-state index is 2.39. The minimum Gasteiger partial charge on any atom is -0.311 e. The van der Waals surface area contributed by atoms with Gasteiger partial charge in [-0.25, -0.2) is 0 Å². The molecular formula is C43H40N2. The zero-order valence-electron chi connectivity index (χ0n) is 25.8. The predicted octanol–water partition coefficient (Wildman–Crippen LogP) is 11.9. The summed E-state index contributed by atoms with van der Waals surface area (Å²) in [5.41, 5.74) is 9.91. The Hall–Kier alpha value is -5.08. The van der Waals surface area contributed by atoms with Crippen LogP contribution in [-0.2, 0) is 5.41 Å². The van der Waals surface area contributed by atoms with Crippen molar-refractivity contribution >= 4 is 28.4 Å². The number of para-hydroxylation sites is 3. The van der Waals surface area contributed by atoms with E-state index >= 15 is 0 Å². The summed E-state index contributed by atoms with van der Waals surface area (Å²) in [4.78, 5) is 4.72. The molecule has 0 N–H and O–H groups in total. The number of nitrogens with zero attached hydrogens (tertiary/aromatic N) is 2. The molecule has 5 aromatic rings. The third kappa shape index (κ3) is 6.01. The van der Waals surface area contributed by atoms with Gasteiger partial charge in [-0.05, 0) is 97.1 Å². The summed E-state index contributed by atoms with van der Waals surface area (Å²) < 4.78 is 0. The molecule has 222 valence electrons. The quantitative estimate of drug-likeness (QED) is 0.179. The van der Waals surface area contributed by atoms with E-state index in [0.29, 0.717) is 0 Å². The largest absolute Gasteiger partial charge is 0.311 e. The van der Waals surface area contributed by atoms with E-state index < -0.39 is 0 Å². The van der Waals surface area contributed by atoms with Crippen LogP contribution in [0, 0.1) is 0 Å². The lowest BCUT2D eigenvalue weighted by atomic mass is 9.65. The molecule has 2 aliphatic rings. The van der Waals surface area contributed by atoms with Crippen LogP contribution in [0.3, 0.4) is 0 Å². The fourth-order valence-corrected chi connectivity index (χ4v) is 7.12. The molecular weight excluding hydrogens is 544 g/mol. The first-order valence-corrected chi connectivity index (χ1v) is 16.3. The fraction of sp³-hybridized carbons (Fsp3) is 0.163. The van der Waals surface area contributed by atoms with Crippen molar-refractivity contribution in [2.75, 3.05) is 9.80 Å². The first-order chi connectivity index (χ1) is 22.3. The van der Waals surface area contributed by atoms with E-state index in [1.165, 1.54) is 66.0 Å². The van der Waals surface area contributed by atoms with E-state index in [2.05, 4.69) is 180 Å². The lowest BCUT2D eigenvalue weighted by molar-refractivity contribution is 0.346. The van der Waals surface area contributed by atoms with Crippen LogP contribution in [0.1, 0.15) is 49.7 Å². The topological polar surface area (TPSA) is 6.48 Å². The van der Waals surface area contributed by atoms with Crippen LogP contribution < -0.4 is 9.80 Å². The molecule has 2 aliphatic carbocycles. The van der Waals surface area contributed by atoms with Crippen molar-refractivity contribution in [2.45, 2.75) is 43.9 Å². The number of anilines is 5. The van der Waals surface area contributed by atoms with Crippen LogP contribution in [0.2, 0.25) is 0 Å². The molecule has 0 amide bonds. The summed E-state index contributed by atoms with van der Waals surface area (Å²) in [6.45, 7) is 0. The molecule has 1 fully saturated rings. The summed E-state index contributed by atoms with van der Waals surface area (Å²) in [5.74, 6) is 0. The van der Waals surface area contributed by atoms with Gasteiger partial charge in [-0.2, -0.15) is 0 Å². The second kappa shape index (κ2) is 13.3. The van der Waals surface area contributed by atoms with Crippen LogP contribution >= 0.6 is 0 Å². The smallest absolute Gasteiger partial charge is 0.0461 e. The molecule has 0 unspecified atom stereocenters. The van der Waals surface area contributed by atoms with E-state index in [4.69, 9.17) is 0 Å². The molecule has 0 bridgehead atoms. The molecule has 0 spiro atoms. The van der Waals surface area contributed by atoms with Gasteiger partial charge in [0.15, 0.2) is 0 Å². The first kappa shape index (κ1) is 28.7. The minimum atomic E-state index is 0.0165. The summed E-state index contributed by atoms with van der Waals surface area (Å²) in [6, 6.07) is 50.9. The van der Waals surface area contributed by atoms with Crippen molar-refractivity contribution in [3.05, 3.63) is 187 Å². The van der Waals surface area contributed by atoms with Crippen LogP contribution in [0.25, 0.3) is 0 Å². The Morgan fingerprint density at radius 2 is 0.867 bits per heavy atom. The van der Waals surface area contributed by atoms with Gasteiger partial charge < -0.3 is 9.80 Å². The zero-order chi connectivity index (χ0) is 30.3. The molecule has 0 aromatic heterocycles. The predicted molar refractivity (Wildman–Crippen MR) is 191 cm³/mol. The molecule has 2 nitrogen and oxygen atoms in total. The van der Waals surface area contributed by atoms with Gasteiger partial charge in [-0.1, -0.05) is 122 Å². The first-order valence-electron chi connectivity index (χ1n) is 16.3. The summed E-state index contributed by atoms with van der Waals surface area (Å²) in [5, 5.41) is 0. The van der Waals surface area contributed by atoms with Gasteiger partial charge >= 0.3 is 0 Å². The number of hydrogen-bond donors (Lipinski definition) is 0. The highest BCUT2D eigenvalue weighted by molar-refractivity contribution is 5.76. The van der Waals surface area contributed by atoms with Crippen molar-refractivity contribution in [1.29, 1.82) is 0 Å². The van der Waals surface area contributed by atoms with E-state index in [1.807, 2.05) is 0 Å². The standard InChI is InChI=1S/C43H40N2/c1-2-8-18-37(17-7-1)44(38-19-9-3-10-20-38)41-29-25-35(26-30-41)43(33-15-6-16-34-43)36-27-31-42(32-28-36)45(39-21-11-4-12-22-39)40-23-13-5-14-24-40/h1-5,7,9-14,17-32H,6,8,15-16,33-34H2. The van der Waals surface area contributed by atoms with Crippen LogP contribution in [0.15, 0.2) is 176 Å². The summed E-state index contributed by atoms with van der Waals surface area (Å²) >= 11 is 0. The van der Waals surface area contributed by atoms with Gasteiger partial charge in [0, 0.05) is 39.5 Å². The van der Waals surface area contributed by atoms with E-state index in [-0.39, 0.29) is 5.41 Å². The second-order valence-corrected chi connectivity index (χ2v) is 12.1. The van der Waals surface area contributed by atoms with Gasteiger partial charge in [0.05, 0.1) is 0 Å². The van der Waals surface area contributed by atoms with Gasteiger partial charge in [0.2, 0.25) is 0 Å². The maximum Gasteiger partial charge on any atom is 0.0461 e. The molecule has 2 heteroatoms. The van der Waals surface area contributed by atoms with Gasteiger partial charge in [-0.15, -0.1) is 0 Å². The third-order valence-corrected chi connectivity index (χ3v) is 9.34. The van der Waals surface area contributed by atoms with Crippen molar-refractivity contribution in [1.82, 2.24) is 0 Å². The van der Waals surface area contributed by atoms with Crippen molar-refractivity contribution < 1.29 is 0 Å². The molecule has 0 aliphatic heterocycles. The molecule has 0 atom stereocenters. The Balaban J connectivity index is 1.24. The maximum atomic E-state index is 2.39. The Kier molecular flexibility index (Phi) is 8.46. The molecule has 5 aromatic carbocycles.